The number of nitrogens with zero attached hydrogens (tertiary/aromatic N) is 4. The van der Waals surface area contributed by atoms with Crippen LogP contribution >= 0.6 is 15.9 Å². The van der Waals surface area contributed by atoms with Crippen LogP contribution in [0.15, 0.2) is 22.8 Å². The van der Waals surface area contributed by atoms with Crippen LogP contribution in [0.3, 0.4) is 0 Å². The van der Waals surface area contributed by atoms with E-state index in [0.29, 0.717) is 16.5 Å². The lowest BCUT2D eigenvalue weighted by molar-refractivity contribution is 0.000564. The number of ether oxygens (including phenoxy) is 1. The van der Waals surface area contributed by atoms with E-state index < -0.39 is 11.5 Å². The molecule has 2 aromatic heterocycles. The SMILES string of the molecule is C[C@H]1CN(Cc2ccn3nc(F)c(Br)c3c2)CCN1C(=O)OC(C)(C)C. The number of carbonyl (C=O) groups excluding carboxylic acids is 1. The third kappa shape index (κ3) is 4.17. The fraction of sp³-hybridized carbons (Fsp3) is 0.556. The van der Waals surface area contributed by atoms with Crippen molar-refractivity contribution in [3.8, 4) is 0 Å². The molecule has 0 bridgehead atoms. The molecule has 6 nitrogen and oxygen atoms in total. The lowest BCUT2D eigenvalue weighted by Crippen LogP contribution is -2.54. The van der Waals surface area contributed by atoms with Crippen LogP contribution in [0.2, 0.25) is 0 Å². The maximum absolute atomic E-state index is 13.6. The number of aromatic nitrogens is 2. The van der Waals surface area contributed by atoms with Crippen molar-refractivity contribution in [2.24, 2.45) is 0 Å². The van der Waals surface area contributed by atoms with E-state index in [4.69, 9.17) is 4.74 Å². The topological polar surface area (TPSA) is 50.1 Å². The van der Waals surface area contributed by atoms with Crippen LogP contribution in [0, 0.1) is 5.95 Å². The zero-order valence-electron chi connectivity index (χ0n) is 15.5. The molecule has 0 unspecified atom stereocenters. The van der Waals surface area contributed by atoms with Gasteiger partial charge in [0, 0.05) is 38.4 Å². The van der Waals surface area contributed by atoms with Crippen LogP contribution in [-0.2, 0) is 11.3 Å². The van der Waals surface area contributed by atoms with Gasteiger partial charge < -0.3 is 9.64 Å². The molecule has 142 valence electrons. The summed E-state index contributed by atoms with van der Waals surface area (Å²) in [5, 5.41) is 3.80. The molecule has 3 heterocycles. The van der Waals surface area contributed by atoms with Crippen LogP contribution < -0.4 is 0 Å². The molecule has 26 heavy (non-hydrogen) atoms. The maximum Gasteiger partial charge on any atom is 0.410 e. The Morgan fingerprint density at radius 2 is 2.15 bits per heavy atom. The van der Waals surface area contributed by atoms with Gasteiger partial charge >= 0.3 is 6.09 Å². The van der Waals surface area contributed by atoms with E-state index in [2.05, 4.69) is 25.9 Å². The summed E-state index contributed by atoms with van der Waals surface area (Å²) >= 11 is 3.24. The summed E-state index contributed by atoms with van der Waals surface area (Å²) in [7, 11) is 0. The minimum absolute atomic E-state index is 0.0708. The molecule has 1 atom stereocenters. The molecule has 0 spiro atoms. The molecule has 1 amide bonds. The summed E-state index contributed by atoms with van der Waals surface area (Å²) in [5.41, 5.74) is 1.30. The fourth-order valence-electron chi connectivity index (χ4n) is 3.16. The van der Waals surface area contributed by atoms with E-state index in [1.54, 1.807) is 11.1 Å². The van der Waals surface area contributed by atoms with Crippen molar-refractivity contribution >= 4 is 27.5 Å². The van der Waals surface area contributed by atoms with E-state index in [0.717, 1.165) is 25.2 Å². The van der Waals surface area contributed by atoms with Crippen molar-refractivity contribution in [2.75, 3.05) is 19.6 Å². The lowest BCUT2D eigenvalue weighted by Gasteiger charge is -2.40. The lowest BCUT2D eigenvalue weighted by atomic mass is 10.1. The van der Waals surface area contributed by atoms with Gasteiger partial charge in [0.1, 0.15) is 5.60 Å². The highest BCUT2D eigenvalue weighted by molar-refractivity contribution is 9.10. The third-order valence-electron chi connectivity index (χ3n) is 4.35. The number of amides is 1. The van der Waals surface area contributed by atoms with E-state index in [-0.39, 0.29) is 12.1 Å². The number of rotatable bonds is 2. The zero-order valence-corrected chi connectivity index (χ0v) is 17.1. The van der Waals surface area contributed by atoms with Gasteiger partial charge in [-0.25, -0.2) is 9.31 Å². The quantitative estimate of drug-likeness (QED) is 0.734. The van der Waals surface area contributed by atoms with Crippen molar-refractivity contribution in [2.45, 2.75) is 45.9 Å². The first kappa shape index (κ1) is 19.1. The molecule has 1 aliphatic heterocycles. The fourth-order valence-corrected chi connectivity index (χ4v) is 3.53. The van der Waals surface area contributed by atoms with Gasteiger partial charge in [0.2, 0.25) is 5.95 Å². The van der Waals surface area contributed by atoms with Gasteiger partial charge in [0.05, 0.1) is 9.99 Å². The van der Waals surface area contributed by atoms with Crippen molar-refractivity contribution in [3.05, 3.63) is 34.3 Å². The van der Waals surface area contributed by atoms with Gasteiger partial charge in [-0.15, -0.1) is 5.10 Å². The molecule has 1 aliphatic rings. The first-order valence-electron chi connectivity index (χ1n) is 8.68. The number of hydrogen-bond acceptors (Lipinski definition) is 4. The largest absolute Gasteiger partial charge is 0.444 e. The average Bonchev–Trinajstić information content (AvgIpc) is 2.80. The van der Waals surface area contributed by atoms with E-state index in [9.17, 15) is 9.18 Å². The summed E-state index contributed by atoms with van der Waals surface area (Å²) < 4.78 is 21.0. The highest BCUT2D eigenvalue weighted by Gasteiger charge is 2.30. The maximum atomic E-state index is 13.6. The number of fused-ring (bicyclic) bond motifs is 1. The molecule has 8 heteroatoms. The molecular formula is C18H24BrFN4O2. The highest BCUT2D eigenvalue weighted by atomic mass is 79.9. The molecule has 3 rings (SSSR count). The van der Waals surface area contributed by atoms with Gasteiger partial charge in [0.25, 0.3) is 0 Å². The van der Waals surface area contributed by atoms with Crippen LogP contribution in [-0.4, -0.2) is 56.8 Å². The van der Waals surface area contributed by atoms with Crippen molar-refractivity contribution in [1.29, 1.82) is 0 Å². The van der Waals surface area contributed by atoms with E-state index in [1.807, 2.05) is 39.8 Å². The number of carbonyl (C=O) groups is 1. The highest BCUT2D eigenvalue weighted by Crippen LogP contribution is 2.23. The smallest absolute Gasteiger partial charge is 0.410 e. The minimum Gasteiger partial charge on any atom is -0.444 e. The first-order valence-corrected chi connectivity index (χ1v) is 9.47. The predicted molar refractivity (Wildman–Crippen MR) is 101 cm³/mol. The summed E-state index contributed by atoms with van der Waals surface area (Å²) in [4.78, 5) is 16.4. The molecule has 1 fully saturated rings. The number of halogens is 2. The summed E-state index contributed by atoms with van der Waals surface area (Å²) in [6, 6.07) is 3.95. The first-order chi connectivity index (χ1) is 12.1. The molecule has 0 aliphatic carbocycles. The normalized spacial score (nSPS) is 19.2. The third-order valence-corrected chi connectivity index (χ3v) is 5.08. The molecule has 2 aromatic rings. The van der Waals surface area contributed by atoms with E-state index >= 15 is 0 Å². The molecule has 0 aromatic carbocycles. The Bertz CT molecular complexity index is 817. The summed E-state index contributed by atoms with van der Waals surface area (Å²) in [6.07, 6.45) is 1.50. The second kappa shape index (κ2) is 7.15. The second-order valence-corrected chi connectivity index (χ2v) is 8.52. The number of piperazine rings is 1. The van der Waals surface area contributed by atoms with Gasteiger partial charge in [-0.1, -0.05) is 0 Å². The minimum atomic E-state index is -0.512. The Balaban J connectivity index is 1.64. The van der Waals surface area contributed by atoms with Gasteiger partial charge in [0.15, 0.2) is 0 Å². The van der Waals surface area contributed by atoms with Crippen LogP contribution in [0.5, 0.6) is 0 Å². The van der Waals surface area contributed by atoms with Crippen molar-refractivity contribution < 1.29 is 13.9 Å². The Labute approximate surface area is 161 Å². The Hall–Kier alpha value is -1.67. The molecular weight excluding hydrogens is 403 g/mol. The van der Waals surface area contributed by atoms with E-state index in [1.165, 1.54) is 4.52 Å². The zero-order chi connectivity index (χ0) is 19.1. The predicted octanol–water partition coefficient (Wildman–Crippen LogP) is 3.68. The molecule has 0 N–H and O–H groups in total. The summed E-state index contributed by atoms with van der Waals surface area (Å²) in [6.45, 7) is 10.6. The molecule has 0 radical (unpaired) electrons. The second-order valence-electron chi connectivity index (χ2n) is 7.73. The average molecular weight is 427 g/mol. The number of pyridine rings is 1. The van der Waals surface area contributed by atoms with Gasteiger partial charge in [-0.3, -0.25) is 4.90 Å². The van der Waals surface area contributed by atoms with Crippen LogP contribution in [0.4, 0.5) is 9.18 Å². The van der Waals surface area contributed by atoms with Crippen molar-refractivity contribution in [3.63, 3.8) is 0 Å². The Kier molecular flexibility index (Phi) is 5.25. The number of hydrogen-bond donors (Lipinski definition) is 0. The van der Waals surface area contributed by atoms with Crippen LogP contribution in [0.25, 0.3) is 5.52 Å². The Morgan fingerprint density at radius 3 is 2.81 bits per heavy atom. The summed E-state index contributed by atoms with van der Waals surface area (Å²) in [5.74, 6) is -0.512. The monoisotopic (exact) mass is 426 g/mol. The van der Waals surface area contributed by atoms with Gasteiger partial charge in [-0.2, -0.15) is 4.39 Å². The molecule has 1 saturated heterocycles. The van der Waals surface area contributed by atoms with Gasteiger partial charge in [-0.05, 0) is 61.3 Å². The Morgan fingerprint density at radius 1 is 1.42 bits per heavy atom. The molecule has 0 saturated carbocycles. The van der Waals surface area contributed by atoms with Crippen LogP contribution in [0.1, 0.15) is 33.3 Å². The van der Waals surface area contributed by atoms with Crippen molar-refractivity contribution in [1.82, 2.24) is 19.4 Å². The standard InChI is InChI=1S/C18H24BrFN4O2/c1-12-10-22(7-8-23(12)17(25)26-18(2,3)4)11-13-5-6-24-14(9-13)15(19)16(20)21-24/h5-6,9,12H,7-8,10-11H2,1-4H3/t12-/m0/s1.